The van der Waals surface area contributed by atoms with Crippen molar-refractivity contribution >= 4 is 63.5 Å². The highest BCUT2D eigenvalue weighted by atomic mass is 35.5. The number of benzene rings is 2. The van der Waals surface area contributed by atoms with Crippen LogP contribution in [0.25, 0.3) is 0 Å². The highest BCUT2D eigenvalue weighted by molar-refractivity contribution is 7.81. The van der Waals surface area contributed by atoms with E-state index in [4.69, 9.17) is 40.2 Å². The molecule has 28 heavy (non-hydrogen) atoms. The molecule has 2 aliphatic rings. The van der Waals surface area contributed by atoms with Gasteiger partial charge < -0.3 is 14.5 Å². The molecular formula is C20H19Cl2N3O2S. The van der Waals surface area contributed by atoms with Gasteiger partial charge in [-0.3, -0.25) is 9.69 Å². The van der Waals surface area contributed by atoms with Gasteiger partial charge in [-0.25, -0.2) is 0 Å². The first kappa shape index (κ1) is 19.5. The van der Waals surface area contributed by atoms with Crippen molar-refractivity contribution < 1.29 is 9.53 Å². The molecule has 2 aromatic carbocycles. The molecule has 0 N–H and O–H groups in total. The van der Waals surface area contributed by atoms with Crippen molar-refractivity contribution in [1.29, 1.82) is 0 Å². The lowest BCUT2D eigenvalue weighted by Crippen LogP contribution is -2.37. The SMILES string of the molecule is CC1C(=O)N(c2ccccc2)C(=S)N1c1cc(Cl)c(N2CCOCC2)c(Cl)c1. The van der Waals surface area contributed by atoms with Crippen LogP contribution in [0.4, 0.5) is 17.1 Å². The van der Waals surface area contributed by atoms with Gasteiger partial charge in [0.2, 0.25) is 0 Å². The van der Waals surface area contributed by atoms with E-state index in [9.17, 15) is 4.79 Å². The van der Waals surface area contributed by atoms with E-state index in [1.807, 2.05) is 49.4 Å². The summed E-state index contributed by atoms with van der Waals surface area (Å²) >= 11 is 18.8. The van der Waals surface area contributed by atoms with E-state index in [2.05, 4.69) is 4.90 Å². The Morgan fingerprint density at radius 1 is 1.04 bits per heavy atom. The van der Waals surface area contributed by atoms with E-state index < -0.39 is 6.04 Å². The van der Waals surface area contributed by atoms with E-state index in [0.717, 1.165) is 24.5 Å². The molecule has 4 rings (SSSR count). The van der Waals surface area contributed by atoms with Crippen molar-refractivity contribution in [3.63, 3.8) is 0 Å². The number of ether oxygens (including phenoxy) is 1. The number of nitrogens with zero attached hydrogens (tertiary/aromatic N) is 3. The fraction of sp³-hybridized carbons (Fsp3) is 0.300. The summed E-state index contributed by atoms with van der Waals surface area (Å²) in [5.74, 6) is -0.0827. The Kier molecular flexibility index (Phi) is 5.47. The molecule has 2 heterocycles. The Bertz CT molecular complexity index is 896. The minimum absolute atomic E-state index is 0.0827. The molecule has 0 bridgehead atoms. The average Bonchev–Trinajstić information content (AvgIpc) is 2.91. The summed E-state index contributed by atoms with van der Waals surface area (Å²) in [6.07, 6.45) is 0. The zero-order valence-electron chi connectivity index (χ0n) is 15.3. The van der Waals surface area contributed by atoms with Gasteiger partial charge in [0.15, 0.2) is 5.11 Å². The molecule has 0 radical (unpaired) electrons. The molecule has 0 aliphatic carbocycles. The third-order valence-electron chi connectivity index (χ3n) is 4.98. The Morgan fingerprint density at radius 3 is 2.25 bits per heavy atom. The monoisotopic (exact) mass is 435 g/mol. The van der Waals surface area contributed by atoms with Gasteiger partial charge in [0.25, 0.3) is 5.91 Å². The minimum Gasteiger partial charge on any atom is -0.378 e. The summed E-state index contributed by atoms with van der Waals surface area (Å²) in [4.78, 5) is 18.4. The van der Waals surface area contributed by atoms with Gasteiger partial charge in [-0.05, 0) is 43.4 Å². The predicted octanol–water partition coefficient (Wildman–Crippen LogP) is 4.36. The van der Waals surface area contributed by atoms with Crippen LogP contribution in [0.3, 0.4) is 0 Å². The summed E-state index contributed by atoms with van der Waals surface area (Å²) in [6.45, 7) is 4.58. The molecule has 8 heteroatoms. The molecule has 1 amide bonds. The summed E-state index contributed by atoms with van der Waals surface area (Å²) in [5.41, 5.74) is 2.24. The molecule has 2 fully saturated rings. The van der Waals surface area contributed by atoms with Crippen LogP contribution in [0.1, 0.15) is 6.92 Å². The molecule has 0 aromatic heterocycles. The van der Waals surface area contributed by atoms with Crippen LogP contribution >= 0.6 is 35.4 Å². The number of para-hydroxylation sites is 1. The van der Waals surface area contributed by atoms with Crippen LogP contribution in [0.5, 0.6) is 0 Å². The van der Waals surface area contributed by atoms with Crippen molar-refractivity contribution in [2.45, 2.75) is 13.0 Å². The van der Waals surface area contributed by atoms with E-state index >= 15 is 0 Å². The van der Waals surface area contributed by atoms with Gasteiger partial charge in [-0.2, -0.15) is 0 Å². The van der Waals surface area contributed by atoms with E-state index in [0.29, 0.717) is 34.1 Å². The van der Waals surface area contributed by atoms with E-state index in [1.165, 1.54) is 0 Å². The molecule has 0 spiro atoms. The second kappa shape index (κ2) is 7.87. The molecular weight excluding hydrogens is 417 g/mol. The zero-order chi connectivity index (χ0) is 19.8. The number of halogens is 2. The fourth-order valence-electron chi connectivity index (χ4n) is 3.59. The van der Waals surface area contributed by atoms with Crippen LogP contribution in [-0.2, 0) is 9.53 Å². The number of hydrogen-bond donors (Lipinski definition) is 0. The number of carbonyl (C=O) groups is 1. The summed E-state index contributed by atoms with van der Waals surface area (Å²) in [5, 5.41) is 1.48. The maximum atomic E-state index is 12.9. The largest absolute Gasteiger partial charge is 0.378 e. The summed E-state index contributed by atoms with van der Waals surface area (Å²) in [6, 6.07) is 12.6. The number of hydrogen-bond acceptors (Lipinski definition) is 4. The number of amides is 1. The fourth-order valence-corrected chi connectivity index (χ4v) is 4.77. The van der Waals surface area contributed by atoms with E-state index in [1.54, 1.807) is 9.80 Å². The van der Waals surface area contributed by atoms with Crippen LogP contribution in [0.2, 0.25) is 10.0 Å². The summed E-state index contributed by atoms with van der Waals surface area (Å²) in [7, 11) is 0. The molecule has 2 aliphatic heterocycles. The van der Waals surface area contributed by atoms with Crippen LogP contribution in [0.15, 0.2) is 42.5 Å². The third-order valence-corrected chi connectivity index (χ3v) is 5.94. The van der Waals surface area contributed by atoms with Crippen LogP contribution in [0, 0.1) is 0 Å². The van der Waals surface area contributed by atoms with Crippen molar-refractivity contribution in [3.05, 3.63) is 52.5 Å². The zero-order valence-corrected chi connectivity index (χ0v) is 17.6. The maximum absolute atomic E-state index is 12.9. The lowest BCUT2D eigenvalue weighted by molar-refractivity contribution is -0.117. The first-order valence-corrected chi connectivity index (χ1v) is 10.2. The Balaban J connectivity index is 1.69. The van der Waals surface area contributed by atoms with Gasteiger partial charge in [0, 0.05) is 18.8 Å². The number of morpholine rings is 1. The molecule has 5 nitrogen and oxygen atoms in total. The first-order chi connectivity index (χ1) is 13.5. The maximum Gasteiger partial charge on any atom is 0.256 e. The van der Waals surface area contributed by atoms with Gasteiger partial charge >= 0.3 is 0 Å². The van der Waals surface area contributed by atoms with Gasteiger partial charge in [-0.15, -0.1) is 0 Å². The minimum atomic E-state index is -0.450. The predicted molar refractivity (Wildman–Crippen MR) is 118 cm³/mol. The molecule has 1 unspecified atom stereocenters. The van der Waals surface area contributed by atoms with Gasteiger partial charge in [-0.1, -0.05) is 41.4 Å². The highest BCUT2D eigenvalue weighted by Gasteiger charge is 2.41. The van der Waals surface area contributed by atoms with Crippen molar-refractivity contribution in [2.24, 2.45) is 0 Å². The number of carbonyl (C=O) groups excluding carboxylic acids is 1. The second-order valence-electron chi connectivity index (χ2n) is 6.70. The Morgan fingerprint density at radius 2 is 1.64 bits per heavy atom. The molecule has 146 valence electrons. The number of rotatable bonds is 3. The van der Waals surface area contributed by atoms with Crippen molar-refractivity contribution in [3.8, 4) is 0 Å². The molecule has 0 saturated carbocycles. The lowest BCUT2D eigenvalue weighted by atomic mass is 10.2. The smallest absolute Gasteiger partial charge is 0.256 e. The molecule has 2 saturated heterocycles. The second-order valence-corrected chi connectivity index (χ2v) is 7.87. The van der Waals surface area contributed by atoms with Crippen molar-refractivity contribution in [2.75, 3.05) is 41.0 Å². The molecule has 2 aromatic rings. The highest BCUT2D eigenvalue weighted by Crippen LogP contribution is 2.40. The molecule has 1 atom stereocenters. The lowest BCUT2D eigenvalue weighted by Gasteiger charge is -2.31. The Labute approximate surface area is 179 Å². The van der Waals surface area contributed by atoms with Crippen LogP contribution < -0.4 is 14.7 Å². The number of anilines is 3. The number of thiocarbonyl (C=S) groups is 1. The van der Waals surface area contributed by atoms with E-state index in [-0.39, 0.29) is 5.91 Å². The van der Waals surface area contributed by atoms with Crippen LogP contribution in [-0.4, -0.2) is 43.4 Å². The van der Waals surface area contributed by atoms with Crippen molar-refractivity contribution in [1.82, 2.24) is 0 Å². The third kappa shape index (κ3) is 3.35. The van der Waals surface area contributed by atoms with Gasteiger partial charge in [0.1, 0.15) is 6.04 Å². The standard InChI is InChI=1S/C20H19Cl2N3O2S/c1-13-19(26)25(14-5-3-2-4-6-14)20(28)24(13)15-11-16(21)18(17(22)12-15)23-7-9-27-10-8-23/h2-6,11-13H,7-10H2,1H3. The Hall–Kier alpha value is -1.86. The quantitative estimate of drug-likeness (QED) is 0.669. The van der Waals surface area contributed by atoms with Gasteiger partial charge in [0.05, 0.1) is 34.6 Å². The first-order valence-electron chi connectivity index (χ1n) is 9.03. The summed E-state index contributed by atoms with van der Waals surface area (Å²) < 4.78 is 5.40. The normalized spacial score (nSPS) is 20.2. The average molecular weight is 436 g/mol. The topological polar surface area (TPSA) is 36.0 Å².